The summed E-state index contributed by atoms with van der Waals surface area (Å²) in [6, 6.07) is 7.62. The fourth-order valence-corrected chi connectivity index (χ4v) is 2.16. The van der Waals surface area contributed by atoms with Crippen LogP contribution in [0.4, 0.5) is 0 Å². The smallest absolute Gasteiger partial charge is 0.225 e. The first-order valence-corrected chi connectivity index (χ1v) is 6.80. The number of hydrogen-bond donors (Lipinski definition) is 1. The van der Waals surface area contributed by atoms with E-state index >= 15 is 0 Å². The van der Waals surface area contributed by atoms with Crippen molar-refractivity contribution in [3.8, 4) is 0 Å². The number of nitrogens with one attached hydrogen (secondary N) is 1. The van der Waals surface area contributed by atoms with Crippen molar-refractivity contribution in [2.45, 2.75) is 32.7 Å². The van der Waals surface area contributed by atoms with E-state index in [9.17, 15) is 4.79 Å². The summed E-state index contributed by atoms with van der Waals surface area (Å²) in [5, 5.41) is 3.04. The largest absolute Gasteiger partial charge is 0.347 e. The second kappa shape index (κ2) is 6.80. The molecule has 0 aliphatic heterocycles. The van der Waals surface area contributed by atoms with Crippen LogP contribution in [-0.2, 0) is 11.2 Å². The van der Waals surface area contributed by atoms with Gasteiger partial charge in [0.2, 0.25) is 5.91 Å². The Hall–Kier alpha value is -2.23. The monoisotopic (exact) mass is 269 g/mol. The van der Waals surface area contributed by atoms with Crippen molar-refractivity contribution in [3.63, 3.8) is 0 Å². The fourth-order valence-electron chi connectivity index (χ4n) is 2.16. The lowest BCUT2D eigenvalue weighted by Crippen LogP contribution is -2.30. The molecule has 2 aromatic heterocycles. The molecule has 2 heterocycles. The summed E-state index contributed by atoms with van der Waals surface area (Å²) in [5.74, 6) is -0.00472. The molecule has 2 rings (SSSR count). The van der Waals surface area contributed by atoms with Crippen molar-refractivity contribution >= 4 is 5.91 Å². The maximum absolute atomic E-state index is 12.1. The lowest BCUT2D eigenvalue weighted by Gasteiger charge is -2.18. The van der Waals surface area contributed by atoms with Crippen LogP contribution in [0.15, 0.2) is 42.9 Å². The van der Waals surface area contributed by atoms with Crippen LogP contribution < -0.4 is 5.32 Å². The van der Waals surface area contributed by atoms with Gasteiger partial charge in [-0.3, -0.25) is 14.8 Å². The van der Waals surface area contributed by atoms with Gasteiger partial charge in [-0.2, -0.15) is 0 Å². The van der Waals surface area contributed by atoms with E-state index in [-0.39, 0.29) is 11.9 Å². The molecule has 4 heteroatoms. The molecule has 0 saturated carbocycles. The van der Waals surface area contributed by atoms with Gasteiger partial charge in [-0.25, -0.2) is 0 Å². The van der Waals surface area contributed by atoms with E-state index in [2.05, 4.69) is 15.3 Å². The molecule has 0 unspecified atom stereocenters. The van der Waals surface area contributed by atoms with Gasteiger partial charge in [-0.05, 0) is 36.6 Å². The number of amides is 1. The number of carbonyl (C=O) groups is 1. The first kappa shape index (κ1) is 14.2. The molecule has 0 saturated heterocycles. The number of aryl methyl sites for hydroxylation is 1. The molecule has 0 spiro atoms. The fraction of sp³-hybridized carbons (Fsp3) is 0.312. The molecule has 4 nitrogen and oxygen atoms in total. The maximum Gasteiger partial charge on any atom is 0.225 e. The first-order chi connectivity index (χ1) is 9.70. The van der Waals surface area contributed by atoms with Crippen LogP contribution in [0.3, 0.4) is 0 Å². The Morgan fingerprint density at radius 2 is 2.10 bits per heavy atom. The standard InChI is InChI=1S/C16H19N3O/c1-3-14(16-12(2)6-4-9-18-16)19-15(20)10-13-7-5-8-17-11-13/h4-9,11,14H,3,10H2,1-2H3,(H,19,20)/t14-/m0/s1. The van der Waals surface area contributed by atoms with E-state index in [0.717, 1.165) is 23.2 Å². The minimum Gasteiger partial charge on any atom is -0.347 e. The number of nitrogens with zero attached hydrogens (tertiary/aromatic N) is 2. The van der Waals surface area contributed by atoms with E-state index in [0.29, 0.717) is 6.42 Å². The quantitative estimate of drug-likeness (QED) is 0.907. The van der Waals surface area contributed by atoms with Crippen molar-refractivity contribution < 1.29 is 4.79 Å². The number of aromatic nitrogens is 2. The highest BCUT2D eigenvalue weighted by molar-refractivity contribution is 5.78. The van der Waals surface area contributed by atoms with Gasteiger partial charge in [0.15, 0.2) is 0 Å². The Bertz CT molecular complexity index is 569. The molecule has 104 valence electrons. The van der Waals surface area contributed by atoms with E-state index < -0.39 is 0 Å². The van der Waals surface area contributed by atoms with E-state index in [1.165, 1.54) is 0 Å². The third-order valence-electron chi connectivity index (χ3n) is 3.21. The van der Waals surface area contributed by atoms with Crippen LogP contribution in [0.5, 0.6) is 0 Å². The van der Waals surface area contributed by atoms with E-state index in [1.54, 1.807) is 18.6 Å². The van der Waals surface area contributed by atoms with Gasteiger partial charge >= 0.3 is 0 Å². The summed E-state index contributed by atoms with van der Waals surface area (Å²) < 4.78 is 0. The Labute approximate surface area is 119 Å². The third kappa shape index (κ3) is 3.63. The Kier molecular flexibility index (Phi) is 4.82. The first-order valence-electron chi connectivity index (χ1n) is 6.80. The molecule has 20 heavy (non-hydrogen) atoms. The second-order valence-corrected chi connectivity index (χ2v) is 4.77. The molecule has 0 fully saturated rings. The highest BCUT2D eigenvalue weighted by Crippen LogP contribution is 2.17. The van der Waals surface area contributed by atoms with Crippen LogP contribution in [0, 0.1) is 6.92 Å². The van der Waals surface area contributed by atoms with Gasteiger partial charge in [0.25, 0.3) is 0 Å². The molecule has 1 atom stereocenters. The predicted molar refractivity (Wildman–Crippen MR) is 78.1 cm³/mol. The third-order valence-corrected chi connectivity index (χ3v) is 3.21. The van der Waals surface area contributed by atoms with Crippen molar-refractivity contribution in [3.05, 3.63) is 59.7 Å². The van der Waals surface area contributed by atoms with Crippen LogP contribution in [0.25, 0.3) is 0 Å². The van der Waals surface area contributed by atoms with Crippen molar-refractivity contribution in [2.75, 3.05) is 0 Å². The maximum atomic E-state index is 12.1. The van der Waals surface area contributed by atoms with Crippen LogP contribution in [0.1, 0.15) is 36.2 Å². The zero-order valence-corrected chi connectivity index (χ0v) is 11.8. The molecule has 0 aliphatic rings. The van der Waals surface area contributed by atoms with Crippen molar-refractivity contribution in [1.82, 2.24) is 15.3 Å². The molecule has 1 N–H and O–H groups in total. The van der Waals surface area contributed by atoms with Gasteiger partial charge in [0.1, 0.15) is 0 Å². The Balaban J connectivity index is 2.04. The number of hydrogen-bond acceptors (Lipinski definition) is 3. The Morgan fingerprint density at radius 3 is 2.75 bits per heavy atom. The van der Waals surface area contributed by atoms with Crippen LogP contribution in [-0.4, -0.2) is 15.9 Å². The minimum absolute atomic E-state index is 0.00472. The number of carbonyl (C=O) groups excluding carboxylic acids is 1. The molecule has 1 amide bonds. The molecular weight excluding hydrogens is 250 g/mol. The summed E-state index contributed by atoms with van der Waals surface area (Å²) >= 11 is 0. The average molecular weight is 269 g/mol. The van der Waals surface area contributed by atoms with Crippen LogP contribution in [0.2, 0.25) is 0 Å². The molecule has 0 aliphatic carbocycles. The zero-order valence-electron chi connectivity index (χ0n) is 11.8. The van der Waals surface area contributed by atoms with Gasteiger partial charge in [-0.1, -0.05) is 19.1 Å². The summed E-state index contributed by atoms with van der Waals surface area (Å²) in [7, 11) is 0. The average Bonchev–Trinajstić information content (AvgIpc) is 2.46. The zero-order chi connectivity index (χ0) is 14.4. The van der Waals surface area contributed by atoms with E-state index in [1.807, 2.05) is 38.1 Å². The SMILES string of the molecule is CC[C@H](NC(=O)Cc1cccnc1)c1ncccc1C. The molecular formula is C16H19N3O. The molecule has 0 radical (unpaired) electrons. The Morgan fingerprint density at radius 1 is 1.30 bits per heavy atom. The molecule has 0 bridgehead atoms. The summed E-state index contributed by atoms with van der Waals surface area (Å²) in [5.41, 5.74) is 2.95. The second-order valence-electron chi connectivity index (χ2n) is 4.77. The lowest BCUT2D eigenvalue weighted by atomic mass is 10.1. The van der Waals surface area contributed by atoms with E-state index in [4.69, 9.17) is 0 Å². The highest BCUT2D eigenvalue weighted by Gasteiger charge is 2.15. The lowest BCUT2D eigenvalue weighted by molar-refractivity contribution is -0.121. The normalized spacial score (nSPS) is 11.9. The van der Waals surface area contributed by atoms with Crippen LogP contribution >= 0.6 is 0 Å². The van der Waals surface area contributed by atoms with Gasteiger partial charge < -0.3 is 5.32 Å². The van der Waals surface area contributed by atoms with Gasteiger partial charge in [-0.15, -0.1) is 0 Å². The predicted octanol–water partition coefficient (Wildman–Crippen LogP) is 2.60. The number of rotatable bonds is 5. The molecule has 2 aromatic rings. The molecule has 0 aromatic carbocycles. The van der Waals surface area contributed by atoms with Crippen molar-refractivity contribution in [2.24, 2.45) is 0 Å². The summed E-state index contributed by atoms with van der Waals surface area (Å²) in [6.07, 6.45) is 6.34. The summed E-state index contributed by atoms with van der Waals surface area (Å²) in [6.45, 7) is 4.06. The van der Waals surface area contributed by atoms with Gasteiger partial charge in [0.05, 0.1) is 18.2 Å². The van der Waals surface area contributed by atoms with Crippen molar-refractivity contribution in [1.29, 1.82) is 0 Å². The van der Waals surface area contributed by atoms with Gasteiger partial charge in [0, 0.05) is 18.6 Å². The number of pyridine rings is 2. The summed E-state index contributed by atoms with van der Waals surface area (Å²) in [4.78, 5) is 20.5. The highest BCUT2D eigenvalue weighted by atomic mass is 16.1. The minimum atomic E-state index is -0.0413. The topological polar surface area (TPSA) is 54.9 Å².